The molecule has 2 fully saturated rings. The third-order valence-corrected chi connectivity index (χ3v) is 4.25. The summed E-state index contributed by atoms with van der Waals surface area (Å²) in [6.07, 6.45) is 4.33. The number of ether oxygens (including phenoxy) is 1. The third-order valence-electron chi connectivity index (χ3n) is 4.25. The molecule has 2 rings (SSSR count). The van der Waals surface area contributed by atoms with Crippen LogP contribution in [0.4, 0.5) is 0 Å². The highest BCUT2D eigenvalue weighted by atomic mass is 16.5. The van der Waals surface area contributed by atoms with Crippen LogP contribution in [0.3, 0.4) is 0 Å². The molecule has 0 aromatic carbocycles. The summed E-state index contributed by atoms with van der Waals surface area (Å²) in [6, 6.07) is 1.30. The monoisotopic (exact) mass is 240 g/mol. The van der Waals surface area contributed by atoms with Crippen LogP contribution in [0, 0.1) is 5.92 Å². The van der Waals surface area contributed by atoms with Crippen molar-refractivity contribution >= 4 is 0 Å². The van der Waals surface area contributed by atoms with E-state index in [4.69, 9.17) is 4.74 Å². The first-order chi connectivity index (χ1) is 8.16. The van der Waals surface area contributed by atoms with Crippen LogP contribution in [0.5, 0.6) is 0 Å². The number of nitrogens with one attached hydrogen (secondary N) is 1. The van der Waals surface area contributed by atoms with E-state index in [1.165, 1.54) is 25.8 Å². The molecule has 3 unspecified atom stereocenters. The Balaban J connectivity index is 1.84. The van der Waals surface area contributed by atoms with Crippen LogP contribution in [-0.2, 0) is 4.74 Å². The average molecular weight is 240 g/mol. The minimum atomic E-state index is 0.483. The van der Waals surface area contributed by atoms with Gasteiger partial charge in [-0.1, -0.05) is 13.8 Å². The summed E-state index contributed by atoms with van der Waals surface area (Å²) in [6.45, 7) is 11.3. The van der Waals surface area contributed by atoms with Crippen LogP contribution < -0.4 is 5.32 Å². The normalized spacial score (nSPS) is 36.4. The van der Waals surface area contributed by atoms with Crippen molar-refractivity contribution in [3.63, 3.8) is 0 Å². The SMILES string of the molecule is CC(C)C1CN(CC2CCCCO2)C(C)CN1. The Hall–Kier alpha value is -0.120. The minimum Gasteiger partial charge on any atom is -0.377 e. The van der Waals surface area contributed by atoms with Crippen molar-refractivity contribution in [2.45, 2.75) is 58.2 Å². The molecule has 3 heteroatoms. The molecule has 0 aromatic heterocycles. The van der Waals surface area contributed by atoms with Gasteiger partial charge in [0.05, 0.1) is 6.10 Å². The number of hydrogen-bond donors (Lipinski definition) is 1. The standard InChI is InChI=1S/C14H28N2O/c1-11(2)14-10-16(12(3)8-15-14)9-13-6-4-5-7-17-13/h11-15H,4-10H2,1-3H3. The van der Waals surface area contributed by atoms with Gasteiger partial charge >= 0.3 is 0 Å². The maximum atomic E-state index is 5.86. The smallest absolute Gasteiger partial charge is 0.0702 e. The van der Waals surface area contributed by atoms with E-state index in [1.54, 1.807) is 0 Å². The van der Waals surface area contributed by atoms with Crippen molar-refractivity contribution in [3.8, 4) is 0 Å². The van der Waals surface area contributed by atoms with Gasteiger partial charge in [-0.15, -0.1) is 0 Å². The van der Waals surface area contributed by atoms with Crippen molar-refractivity contribution in [2.24, 2.45) is 5.92 Å². The lowest BCUT2D eigenvalue weighted by molar-refractivity contribution is -0.0211. The zero-order valence-electron chi connectivity index (χ0n) is 11.6. The van der Waals surface area contributed by atoms with E-state index in [0.717, 1.165) is 25.6 Å². The first kappa shape index (κ1) is 13.3. The van der Waals surface area contributed by atoms with Crippen LogP contribution in [-0.4, -0.2) is 49.3 Å². The summed E-state index contributed by atoms with van der Waals surface area (Å²) in [5.74, 6) is 0.720. The predicted octanol–water partition coefficient (Wildman–Crippen LogP) is 1.87. The van der Waals surface area contributed by atoms with E-state index in [1.807, 2.05) is 0 Å². The number of piperazine rings is 1. The summed E-state index contributed by atoms with van der Waals surface area (Å²) in [4.78, 5) is 2.62. The van der Waals surface area contributed by atoms with Crippen molar-refractivity contribution in [1.82, 2.24) is 10.2 Å². The van der Waals surface area contributed by atoms with E-state index in [2.05, 4.69) is 31.0 Å². The number of rotatable bonds is 3. The quantitative estimate of drug-likeness (QED) is 0.815. The van der Waals surface area contributed by atoms with Gasteiger partial charge in [0.1, 0.15) is 0 Å². The first-order valence-electron chi connectivity index (χ1n) is 7.26. The maximum Gasteiger partial charge on any atom is 0.0702 e. The van der Waals surface area contributed by atoms with E-state index >= 15 is 0 Å². The molecule has 3 atom stereocenters. The molecule has 0 amide bonds. The van der Waals surface area contributed by atoms with E-state index in [-0.39, 0.29) is 0 Å². The molecule has 0 aliphatic carbocycles. The Morgan fingerprint density at radius 1 is 1.35 bits per heavy atom. The van der Waals surface area contributed by atoms with Crippen LogP contribution in [0.25, 0.3) is 0 Å². The summed E-state index contributed by atoms with van der Waals surface area (Å²) in [5, 5.41) is 3.65. The molecule has 1 N–H and O–H groups in total. The topological polar surface area (TPSA) is 24.5 Å². The van der Waals surface area contributed by atoms with Crippen LogP contribution in [0.1, 0.15) is 40.0 Å². The predicted molar refractivity (Wildman–Crippen MR) is 71.3 cm³/mol. The Bertz CT molecular complexity index is 226. The van der Waals surface area contributed by atoms with Crippen molar-refractivity contribution < 1.29 is 4.74 Å². The van der Waals surface area contributed by atoms with Crippen LogP contribution in [0.15, 0.2) is 0 Å². The Morgan fingerprint density at radius 3 is 2.82 bits per heavy atom. The van der Waals surface area contributed by atoms with Gasteiger partial charge in [0.25, 0.3) is 0 Å². The van der Waals surface area contributed by atoms with Crippen LogP contribution in [0.2, 0.25) is 0 Å². The second kappa shape index (κ2) is 6.17. The molecular formula is C14H28N2O. The summed E-state index contributed by atoms with van der Waals surface area (Å²) < 4.78 is 5.86. The van der Waals surface area contributed by atoms with Crippen molar-refractivity contribution in [3.05, 3.63) is 0 Å². The zero-order chi connectivity index (χ0) is 12.3. The average Bonchev–Trinajstić information content (AvgIpc) is 2.33. The number of hydrogen-bond acceptors (Lipinski definition) is 3. The molecule has 2 saturated heterocycles. The van der Waals surface area contributed by atoms with Crippen molar-refractivity contribution in [1.29, 1.82) is 0 Å². The lowest BCUT2D eigenvalue weighted by Gasteiger charge is -2.42. The highest BCUT2D eigenvalue weighted by molar-refractivity contribution is 4.87. The minimum absolute atomic E-state index is 0.483. The molecule has 0 aromatic rings. The van der Waals surface area contributed by atoms with Gasteiger partial charge in [-0.25, -0.2) is 0 Å². The summed E-state index contributed by atoms with van der Waals surface area (Å²) >= 11 is 0. The van der Waals surface area contributed by atoms with E-state index in [0.29, 0.717) is 18.2 Å². The fourth-order valence-electron chi connectivity index (χ4n) is 2.86. The van der Waals surface area contributed by atoms with Gasteiger partial charge in [0.2, 0.25) is 0 Å². The van der Waals surface area contributed by atoms with Gasteiger partial charge in [0.15, 0.2) is 0 Å². The maximum absolute atomic E-state index is 5.86. The second-order valence-electron chi connectivity index (χ2n) is 6.05. The molecule has 3 nitrogen and oxygen atoms in total. The fourth-order valence-corrected chi connectivity index (χ4v) is 2.86. The van der Waals surface area contributed by atoms with E-state index < -0.39 is 0 Å². The van der Waals surface area contributed by atoms with Gasteiger partial charge in [-0.05, 0) is 32.1 Å². The highest BCUT2D eigenvalue weighted by Crippen LogP contribution is 2.18. The lowest BCUT2D eigenvalue weighted by atomic mass is 9.99. The molecular weight excluding hydrogens is 212 g/mol. The fraction of sp³-hybridized carbons (Fsp3) is 1.00. The Morgan fingerprint density at radius 2 is 2.18 bits per heavy atom. The summed E-state index contributed by atoms with van der Waals surface area (Å²) in [5.41, 5.74) is 0. The van der Waals surface area contributed by atoms with Gasteiger partial charge in [-0.2, -0.15) is 0 Å². The highest BCUT2D eigenvalue weighted by Gasteiger charge is 2.28. The first-order valence-corrected chi connectivity index (χ1v) is 7.26. The van der Waals surface area contributed by atoms with Gasteiger partial charge in [-0.3, -0.25) is 4.90 Å². The van der Waals surface area contributed by atoms with E-state index in [9.17, 15) is 0 Å². The number of nitrogens with zero attached hydrogens (tertiary/aromatic N) is 1. The lowest BCUT2D eigenvalue weighted by Crippen LogP contribution is -2.58. The molecule has 2 heterocycles. The van der Waals surface area contributed by atoms with Gasteiger partial charge in [0, 0.05) is 38.3 Å². The third kappa shape index (κ3) is 3.67. The molecule has 0 saturated carbocycles. The molecule has 2 aliphatic heterocycles. The summed E-state index contributed by atoms with van der Waals surface area (Å²) in [7, 11) is 0. The Labute approximate surface area is 106 Å². The molecule has 0 spiro atoms. The molecule has 0 radical (unpaired) electrons. The Kier molecular flexibility index (Phi) is 4.83. The molecule has 0 bridgehead atoms. The molecule has 100 valence electrons. The zero-order valence-corrected chi connectivity index (χ0v) is 11.6. The largest absolute Gasteiger partial charge is 0.377 e. The van der Waals surface area contributed by atoms with Crippen LogP contribution >= 0.6 is 0 Å². The van der Waals surface area contributed by atoms with Crippen molar-refractivity contribution in [2.75, 3.05) is 26.2 Å². The molecule has 17 heavy (non-hydrogen) atoms. The van der Waals surface area contributed by atoms with Gasteiger partial charge < -0.3 is 10.1 Å². The molecule has 2 aliphatic rings. The second-order valence-corrected chi connectivity index (χ2v) is 6.05.